The molecule has 7 heteroatoms. The summed E-state index contributed by atoms with van der Waals surface area (Å²) in [6.07, 6.45) is 0.385. The zero-order valence-corrected chi connectivity index (χ0v) is 23.2. The van der Waals surface area contributed by atoms with E-state index in [1.54, 1.807) is 23.1 Å². The topological polar surface area (TPSA) is 49.4 Å². The molecule has 0 bridgehead atoms. The minimum Gasteiger partial charge on any atom is -0.352 e. The fourth-order valence-corrected chi connectivity index (χ4v) is 5.20. The zero-order chi connectivity index (χ0) is 26.1. The third-order valence-electron chi connectivity index (χ3n) is 5.71. The molecular weight excluding hydrogens is 511 g/mol. The molecular formula is C29H32Cl2N2O2S. The molecule has 0 heterocycles. The highest BCUT2D eigenvalue weighted by atomic mass is 35.5. The molecule has 190 valence electrons. The average molecular weight is 544 g/mol. The van der Waals surface area contributed by atoms with E-state index in [9.17, 15) is 9.59 Å². The highest BCUT2D eigenvalue weighted by molar-refractivity contribution is 7.99. The molecule has 0 aliphatic heterocycles. The van der Waals surface area contributed by atoms with E-state index < -0.39 is 6.04 Å². The Labute approximate surface area is 228 Å². The lowest BCUT2D eigenvalue weighted by molar-refractivity contribution is -0.139. The molecule has 0 spiro atoms. The quantitative estimate of drug-likeness (QED) is 0.293. The van der Waals surface area contributed by atoms with E-state index in [0.717, 1.165) is 11.1 Å². The predicted molar refractivity (Wildman–Crippen MR) is 152 cm³/mol. The summed E-state index contributed by atoms with van der Waals surface area (Å²) in [5.41, 5.74) is 3.95. The maximum atomic E-state index is 13.7. The van der Waals surface area contributed by atoms with Gasteiger partial charge in [0.05, 0.1) is 5.75 Å². The molecule has 0 saturated carbocycles. The van der Waals surface area contributed by atoms with Crippen LogP contribution in [0.25, 0.3) is 0 Å². The van der Waals surface area contributed by atoms with E-state index in [1.807, 2.05) is 51.1 Å². The molecule has 1 N–H and O–H groups in total. The van der Waals surface area contributed by atoms with Crippen LogP contribution in [0.5, 0.6) is 0 Å². The minimum absolute atomic E-state index is 0.0625. The molecule has 3 aromatic rings. The molecule has 1 atom stereocenters. The van der Waals surface area contributed by atoms with Crippen molar-refractivity contribution in [2.75, 3.05) is 5.75 Å². The molecule has 4 nitrogen and oxygen atoms in total. The van der Waals surface area contributed by atoms with Gasteiger partial charge in [0.25, 0.3) is 0 Å². The highest BCUT2D eigenvalue weighted by Crippen LogP contribution is 2.28. The first kappa shape index (κ1) is 28.1. The van der Waals surface area contributed by atoms with Gasteiger partial charge >= 0.3 is 0 Å². The largest absolute Gasteiger partial charge is 0.352 e. The monoisotopic (exact) mass is 542 g/mol. The van der Waals surface area contributed by atoms with Gasteiger partial charge in [-0.1, -0.05) is 89.4 Å². The zero-order valence-electron chi connectivity index (χ0n) is 20.8. The highest BCUT2D eigenvalue weighted by Gasteiger charge is 2.31. The number of halogens is 2. The van der Waals surface area contributed by atoms with Gasteiger partial charge in [-0.3, -0.25) is 9.59 Å². The van der Waals surface area contributed by atoms with Crippen LogP contribution in [0.15, 0.2) is 72.8 Å². The molecule has 0 aliphatic rings. The Balaban J connectivity index is 1.89. The second-order valence-corrected chi connectivity index (χ2v) is 10.9. The minimum atomic E-state index is -0.713. The van der Waals surface area contributed by atoms with Gasteiger partial charge in [0.2, 0.25) is 11.8 Å². The standard InChI is InChI=1S/C29H32Cl2N2O2S/c1-20(2)32-29(35)27(16-22-8-5-4-6-9-22)33(17-24-25(30)10-7-11-26(24)31)28(34)19-36-18-23-14-12-21(3)13-15-23/h4-15,20,27H,16-19H2,1-3H3,(H,32,35)/t27-/m1/s1. The van der Waals surface area contributed by atoms with Crippen molar-refractivity contribution in [1.82, 2.24) is 10.2 Å². The van der Waals surface area contributed by atoms with Crippen molar-refractivity contribution in [2.45, 2.75) is 51.6 Å². The second kappa shape index (κ2) is 13.7. The van der Waals surface area contributed by atoms with Crippen molar-refractivity contribution in [1.29, 1.82) is 0 Å². The molecule has 3 rings (SSSR count). The molecule has 0 unspecified atom stereocenters. The van der Waals surface area contributed by atoms with E-state index >= 15 is 0 Å². The number of benzene rings is 3. The van der Waals surface area contributed by atoms with E-state index in [4.69, 9.17) is 23.2 Å². The van der Waals surface area contributed by atoms with Gasteiger partial charge < -0.3 is 10.2 Å². The van der Waals surface area contributed by atoms with Crippen LogP contribution in [0.3, 0.4) is 0 Å². The number of nitrogens with one attached hydrogen (secondary N) is 1. The normalized spacial score (nSPS) is 11.8. The Morgan fingerprint density at radius 2 is 1.53 bits per heavy atom. The van der Waals surface area contributed by atoms with E-state index in [0.29, 0.717) is 27.8 Å². The first-order valence-electron chi connectivity index (χ1n) is 11.9. The molecule has 36 heavy (non-hydrogen) atoms. The van der Waals surface area contributed by atoms with Gasteiger partial charge in [-0.15, -0.1) is 11.8 Å². The predicted octanol–water partition coefficient (Wildman–Crippen LogP) is 6.70. The summed E-state index contributed by atoms with van der Waals surface area (Å²) in [5.74, 6) is 0.599. The lowest BCUT2D eigenvalue weighted by Gasteiger charge is -2.32. The first-order valence-corrected chi connectivity index (χ1v) is 13.9. The van der Waals surface area contributed by atoms with Crippen molar-refractivity contribution in [3.05, 3.63) is 105 Å². The Kier molecular flexibility index (Phi) is 10.7. The molecule has 0 fully saturated rings. The number of carbonyl (C=O) groups excluding carboxylic acids is 2. The number of amides is 2. The Morgan fingerprint density at radius 3 is 2.14 bits per heavy atom. The lowest BCUT2D eigenvalue weighted by atomic mass is 10.0. The number of hydrogen-bond acceptors (Lipinski definition) is 3. The number of thioether (sulfide) groups is 1. The van der Waals surface area contributed by atoms with Crippen molar-refractivity contribution >= 4 is 46.8 Å². The SMILES string of the molecule is Cc1ccc(CSCC(=O)N(Cc2c(Cl)cccc2Cl)[C@H](Cc2ccccc2)C(=O)NC(C)C)cc1. The van der Waals surface area contributed by atoms with Gasteiger partial charge in [0.1, 0.15) is 6.04 Å². The summed E-state index contributed by atoms with van der Waals surface area (Å²) in [4.78, 5) is 28.7. The van der Waals surface area contributed by atoms with Gasteiger partial charge in [0.15, 0.2) is 0 Å². The van der Waals surface area contributed by atoms with Crippen molar-refractivity contribution < 1.29 is 9.59 Å². The van der Waals surface area contributed by atoms with Crippen LogP contribution in [-0.2, 0) is 28.3 Å². The number of nitrogens with zero attached hydrogens (tertiary/aromatic N) is 1. The van der Waals surface area contributed by atoms with Crippen LogP contribution in [0.4, 0.5) is 0 Å². The number of hydrogen-bond donors (Lipinski definition) is 1. The maximum Gasteiger partial charge on any atom is 0.243 e. The van der Waals surface area contributed by atoms with Crippen LogP contribution < -0.4 is 5.32 Å². The molecule has 0 aromatic heterocycles. The summed E-state index contributed by atoms with van der Waals surface area (Å²) >= 11 is 14.5. The first-order chi connectivity index (χ1) is 17.2. The molecule has 0 saturated heterocycles. The average Bonchev–Trinajstić information content (AvgIpc) is 2.84. The Hall–Kier alpha value is -2.47. The number of carbonyl (C=O) groups is 2. The molecule has 0 radical (unpaired) electrons. The smallest absolute Gasteiger partial charge is 0.243 e. The van der Waals surface area contributed by atoms with Crippen LogP contribution in [0.1, 0.15) is 36.1 Å². The third-order valence-corrected chi connectivity index (χ3v) is 7.40. The van der Waals surface area contributed by atoms with Crippen LogP contribution >= 0.6 is 35.0 Å². The Bertz CT molecular complexity index is 1130. The van der Waals surface area contributed by atoms with E-state index in [1.165, 1.54) is 17.3 Å². The van der Waals surface area contributed by atoms with Crippen LogP contribution in [0.2, 0.25) is 10.0 Å². The number of aryl methyl sites for hydroxylation is 1. The molecule has 0 aliphatic carbocycles. The van der Waals surface area contributed by atoms with Gasteiger partial charge in [-0.2, -0.15) is 0 Å². The third kappa shape index (κ3) is 8.29. The van der Waals surface area contributed by atoms with Crippen molar-refractivity contribution in [2.24, 2.45) is 0 Å². The van der Waals surface area contributed by atoms with Crippen LogP contribution in [0, 0.1) is 6.92 Å². The Morgan fingerprint density at radius 1 is 0.889 bits per heavy atom. The molecule has 3 aromatic carbocycles. The lowest BCUT2D eigenvalue weighted by Crippen LogP contribution is -2.52. The van der Waals surface area contributed by atoms with Crippen molar-refractivity contribution in [3.8, 4) is 0 Å². The summed E-state index contributed by atoms with van der Waals surface area (Å²) in [7, 11) is 0. The van der Waals surface area contributed by atoms with Crippen LogP contribution in [-0.4, -0.2) is 34.6 Å². The summed E-state index contributed by atoms with van der Waals surface area (Å²) in [5, 5.41) is 3.93. The van der Waals surface area contributed by atoms with Crippen molar-refractivity contribution in [3.63, 3.8) is 0 Å². The van der Waals surface area contributed by atoms with E-state index in [-0.39, 0.29) is 30.2 Å². The fourth-order valence-electron chi connectivity index (χ4n) is 3.81. The maximum absolute atomic E-state index is 13.7. The summed E-state index contributed by atoms with van der Waals surface area (Å²) in [6.45, 7) is 6.01. The number of rotatable bonds is 11. The second-order valence-electron chi connectivity index (χ2n) is 9.07. The molecule has 2 amide bonds. The van der Waals surface area contributed by atoms with E-state index in [2.05, 4.69) is 29.6 Å². The fraction of sp³-hybridized carbons (Fsp3) is 0.310. The van der Waals surface area contributed by atoms with Gasteiger partial charge in [0, 0.05) is 40.4 Å². The van der Waals surface area contributed by atoms with Gasteiger partial charge in [-0.25, -0.2) is 0 Å². The van der Waals surface area contributed by atoms with Gasteiger partial charge in [-0.05, 0) is 44.0 Å². The summed E-state index contributed by atoms with van der Waals surface area (Å²) < 4.78 is 0. The summed E-state index contributed by atoms with van der Waals surface area (Å²) in [6, 6.07) is 22.5.